The summed E-state index contributed by atoms with van der Waals surface area (Å²) < 4.78 is 0. The van der Waals surface area contributed by atoms with Crippen LogP contribution in [0.3, 0.4) is 0 Å². The molecule has 2 aromatic carbocycles. The average molecular weight is 300 g/mol. The highest BCUT2D eigenvalue weighted by molar-refractivity contribution is 5.76. The number of rotatable bonds is 1. The molecular weight excluding hydrogens is 280 g/mol. The van der Waals surface area contributed by atoms with Crippen LogP contribution in [0.4, 0.5) is 0 Å². The van der Waals surface area contributed by atoms with Crippen molar-refractivity contribution in [1.29, 1.82) is 5.26 Å². The third-order valence-electron chi connectivity index (χ3n) is 5.26. The van der Waals surface area contributed by atoms with E-state index in [1.54, 1.807) is 0 Å². The van der Waals surface area contributed by atoms with Gasteiger partial charge in [-0.1, -0.05) is 60.7 Å². The van der Waals surface area contributed by atoms with Crippen LogP contribution in [0.15, 0.2) is 48.5 Å². The van der Waals surface area contributed by atoms with Gasteiger partial charge in [-0.15, -0.1) is 0 Å². The fraction of sp³-hybridized carbons (Fsp3) is 0.286. The average Bonchev–Trinajstić information content (AvgIpc) is 2.79. The summed E-state index contributed by atoms with van der Waals surface area (Å²) in [5.41, 5.74) is 5.53. The van der Waals surface area contributed by atoms with E-state index < -0.39 is 0 Å². The van der Waals surface area contributed by atoms with Crippen molar-refractivity contribution >= 4 is 12.2 Å². The van der Waals surface area contributed by atoms with Crippen LogP contribution >= 0.6 is 0 Å². The molecule has 2 aliphatic rings. The second kappa shape index (κ2) is 5.93. The van der Waals surface area contributed by atoms with E-state index in [1.165, 1.54) is 22.3 Å². The minimum absolute atomic E-state index is 0.429. The number of hydrogen-bond acceptors (Lipinski definition) is 2. The number of hydrogen-bond donors (Lipinski definition) is 0. The Morgan fingerprint density at radius 1 is 0.826 bits per heavy atom. The Labute approximate surface area is 137 Å². The quantitative estimate of drug-likeness (QED) is 0.725. The lowest BCUT2D eigenvalue weighted by molar-refractivity contribution is 0.236. The summed E-state index contributed by atoms with van der Waals surface area (Å²) >= 11 is 0. The molecule has 0 unspecified atom stereocenters. The summed E-state index contributed by atoms with van der Waals surface area (Å²) in [6.07, 6.45) is 8.96. The van der Waals surface area contributed by atoms with Crippen molar-refractivity contribution in [1.82, 2.24) is 4.90 Å². The van der Waals surface area contributed by atoms with Gasteiger partial charge in [-0.25, -0.2) is 0 Å². The highest BCUT2D eigenvalue weighted by Crippen LogP contribution is 2.42. The molecule has 0 saturated carbocycles. The first-order valence-corrected chi connectivity index (χ1v) is 8.37. The summed E-state index contributed by atoms with van der Waals surface area (Å²) in [7, 11) is 0. The highest BCUT2D eigenvalue weighted by Gasteiger charge is 2.31. The van der Waals surface area contributed by atoms with E-state index >= 15 is 0 Å². The van der Waals surface area contributed by atoms with Crippen molar-refractivity contribution in [3.05, 3.63) is 70.8 Å². The molecule has 0 aromatic heterocycles. The van der Waals surface area contributed by atoms with Gasteiger partial charge in [0.1, 0.15) is 0 Å². The molecule has 2 nitrogen and oxygen atoms in total. The van der Waals surface area contributed by atoms with E-state index in [0.717, 1.165) is 25.9 Å². The van der Waals surface area contributed by atoms with Gasteiger partial charge in [0, 0.05) is 19.0 Å². The van der Waals surface area contributed by atoms with Crippen molar-refractivity contribution in [2.24, 2.45) is 5.92 Å². The van der Waals surface area contributed by atoms with E-state index in [2.05, 4.69) is 66.9 Å². The molecule has 2 heteroatoms. The number of likely N-dealkylation sites (tertiary alicyclic amines) is 1. The normalized spacial score (nSPS) is 18.0. The summed E-state index contributed by atoms with van der Waals surface area (Å²) in [6, 6.07) is 17.5. The van der Waals surface area contributed by atoms with Gasteiger partial charge in [-0.2, -0.15) is 5.26 Å². The fourth-order valence-corrected chi connectivity index (χ4v) is 4.08. The molecule has 0 atom stereocenters. The largest absolute Gasteiger partial charge is 0.311 e. The number of nitrogens with zero attached hydrogens (tertiary/aromatic N) is 2. The van der Waals surface area contributed by atoms with Crippen LogP contribution in [0.5, 0.6) is 0 Å². The molecule has 1 aliphatic heterocycles. The molecule has 0 amide bonds. The molecule has 23 heavy (non-hydrogen) atoms. The molecular formula is C21H20N2. The Hall–Kier alpha value is -2.53. The number of benzene rings is 2. The van der Waals surface area contributed by atoms with Crippen molar-refractivity contribution in [2.75, 3.05) is 13.1 Å². The van der Waals surface area contributed by atoms with Crippen molar-refractivity contribution in [3.63, 3.8) is 0 Å². The van der Waals surface area contributed by atoms with Crippen molar-refractivity contribution in [2.45, 2.75) is 18.8 Å². The van der Waals surface area contributed by atoms with Gasteiger partial charge in [0.05, 0.1) is 0 Å². The van der Waals surface area contributed by atoms with Crippen LogP contribution < -0.4 is 0 Å². The molecule has 1 heterocycles. The zero-order chi connectivity index (χ0) is 15.6. The van der Waals surface area contributed by atoms with Gasteiger partial charge in [-0.3, -0.25) is 0 Å². The maximum Gasteiger partial charge on any atom is 0.179 e. The second-order valence-electron chi connectivity index (χ2n) is 6.49. The maximum atomic E-state index is 9.11. The smallest absolute Gasteiger partial charge is 0.179 e. The van der Waals surface area contributed by atoms with Gasteiger partial charge in [-0.05, 0) is 41.0 Å². The molecule has 1 fully saturated rings. The van der Waals surface area contributed by atoms with E-state index in [4.69, 9.17) is 5.26 Å². The Kier molecular flexibility index (Phi) is 3.63. The van der Waals surface area contributed by atoms with E-state index in [-0.39, 0.29) is 0 Å². The Morgan fingerprint density at radius 2 is 1.35 bits per heavy atom. The SMILES string of the molecule is N#CN1CCC(C2c3ccccc3C=Cc3ccccc32)CC1. The summed E-state index contributed by atoms with van der Waals surface area (Å²) in [5.74, 6) is 1.03. The van der Waals surface area contributed by atoms with Gasteiger partial charge in [0.2, 0.25) is 0 Å². The van der Waals surface area contributed by atoms with Crippen LogP contribution in [-0.4, -0.2) is 18.0 Å². The van der Waals surface area contributed by atoms with Gasteiger partial charge in [0.25, 0.3) is 0 Å². The lowest BCUT2D eigenvalue weighted by Crippen LogP contribution is -2.33. The lowest BCUT2D eigenvalue weighted by Gasteiger charge is -2.35. The third-order valence-corrected chi connectivity index (χ3v) is 5.26. The number of fused-ring (bicyclic) bond motifs is 2. The van der Waals surface area contributed by atoms with E-state index in [1.807, 2.05) is 4.90 Å². The van der Waals surface area contributed by atoms with E-state index in [0.29, 0.717) is 11.8 Å². The minimum Gasteiger partial charge on any atom is -0.311 e. The zero-order valence-electron chi connectivity index (χ0n) is 13.2. The number of piperidine rings is 1. The van der Waals surface area contributed by atoms with Gasteiger partial charge < -0.3 is 4.90 Å². The molecule has 0 spiro atoms. The van der Waals surface area contributed by atoms with Crippen molar-refractivity contribution < 1.29 is 0 Å². The molecule has 2 aromatic rings. The van der Waals surface area contributed by atoms with Gasteiger partial charge >= 0.3 is 0 Å². The summed E-state index contributed by atoms with van der Waals surface area (Å²) in [4.78, 5) is 1.89. The molecule has 0 radical (unpaired) electrons. The molecule has 1 saturated heterocycles. The molecule has 0 bridgehead atoms. The summed E-state index contributed by atoms with van der Waals surface area (Å²) in [6.45, 7) is 1.77. The third kappa shape index (κ3) is 2.53. The Bertz CT molecular complexity index is 727. The fourth-order valence-electron chi connectivity index (χ4n) is 4.08. The summed E-state index contributed by atoms with van der Waals surface area (Å²) in [5, 5.41) is 9.11. The monoisotopic (exact) mass is 300 g/mol. The molecule has 4 rings (SSSR count). The van der Waals surface area contributed by atoms with Crippen molar-refractivity contribution in [3.8, 4) is 6.19 Å². The Balaban J connectivity index is 1.79. The zero-order valence-corrected chi connectivity index (χ0v) is 13.2. The standard InChI is InChI=1S/C21H20N2/c22-15-23-13-11-18(12-14-23)21-19-7-3-1-5-16(19)9-10-17-6-2-4-8-20(17)21/h1-10,18,21H,11-14H2. The number of nitriles is 1. The van der Waals surface area contributed by atoms with Crippen LogP contribution in [-0.2, 0) is 0 Å². The lowest BCUT2D eigenvalue weighted by atomic mass is 9.74. The first-order chi connectivity index (χ1) is 11.4. The van der Waals surface area contributed by atoms with Gasteiger partial charge in [0.15, 0.2) is 6.19 Å². The Morgan fingerprint density at radius 3 is 1.87 bits per heavy atom. The maximum absolute atomic E-state index is 9.11. The predicted octanol–water partition coefficient (Wildman–Crippen LogP) is 4.50. The van der Waals surface area contributed by atoms with Crippen LogP contribution in [0.1, 0.15) is 41.0 Å². The molecule has 1 aliphatic carbocycles. The van der Waals surface area contributed by atoms with Crippen LogP contribution in [0.2, 0.25) is 0 Å². The van der Waals surface area contributed by atoms with Crippen LogP contribution in [0, 0.1) is 17.4 Å². The topological polar surface area (TPSA) is 27.0 Å². The first kappa shape index (κ1) is 14.1. The second-order valence-corrected chi connectivity index (χ2v) is 6.49. The predicted molar refractivity (Wildman–Crippen MR) is 93.6 cm³/mol. The highest BCUT2D eigenvalue weighted by atomic mass is 15.1. The molecule has 0 N–H and O–H groups in total. The van der Waals surface area contributed by atoms with Crippen LogP contribution in [0.25, 0.3) is 12.2 Å². The first-order valence-electron chi connectivity index (χ1n) is 8.37. The molecule has 114 valence electrons. The van der Waals surface area contributed by atoms with E-state index in [9.17, 15) is 0 Å². The minimum atomic E-state index is 0.429.